The highest BCUT2D eigenvalue weighted by Crippen LogP contribution is 2.22. The number of hydrogen-bond donors (Lipinski definition) is 2. The van der Waals surface area contributed by atoms with Crippen molar-refractivity contribution in [1.29, 1.82) is 0 Å². The van der Waals surface area contributed by atoms with Gasteiger partial charge in [0.05, 0.1) is 16.3 Å². The number of carbonyl (C=O) groups excluding carboxylic acids is 1. The largest absolute Gasteiger partial charge is 0.279 e. The van der Waals surface area contributed by atoms with Gasteiger partial charge < -0.3 is 0 Å². The molecule has 0 radical (unpaired) electrons. The minimum absolute atomic E-state index is 0.0146. The summed E-state index contributed by atoms with van der Waals surface area (Å²) >= 11 is 0. The van der Waals surface area contributed by atoms with Crippen LogP contribution in [-0.4, -0.2) is 20.0 Å². The highest BCUT2D eigenvalue weighted by Gasteiger charge is 2.18. The molecule has 6 nitrogen and oxygen atoms in total. The molecule has 0 saturated heterocycles. The highest BCUT2D eigenvalue weighted by molar-refractivity contribution is 7.92. The molecule has 0 atom stereocenters. The standard InChI is InChI=1S/C25H25N3O3S/c1-17-13-14-23(18(2)15-17)28-32(30,31)21-10-5-9-20(16-21)25(29)27-26-24-12-6-8-19-7-3-4-11-22(19)24/h3-5,7,9-11,13-16,28H,6,8,12H2,1-2H3,(H,27,29). The first-order chi connectivity index (χ1) is 15.3. The number of nitrogens with one attached hydrogen (secondary N) is 2. The fraction of sp³-hybridized carbons (Fsp3) is 0.200. The Kier molecular flexibility index (Phi) is 6.10. The monoisotopic (exact) mass is 447 g/mol. The minimum atomic E-state index is -3.85. The van der Waals surface area contributed by atoms with Crippen molar-refractivity contribution in [2.45, 2.75) is 38.0 Å². The molecule has 0 aromatic heterocycles. The molecule has 3 aromatic rings. The Morgan fingerprint density at radius 2 is 1.75 bits per heavy atom. The van der Waals surface area contributed by atoms with Gasteiger partial charge in [0.25, 0.3) is 15.9 Å². The van der Waals surface area contributed by atoms with Crippen LogP contribution in [0.5, 0.6) is 0 Å². The molecule has 0 heterocycles. The van der Waals surface area contributed by atoms with E-state index in [4.69, 9.17) is 0 Å². The third kappa shape index (κ3) is 4.73. The topological polar surface area (TPSA) is 87.6 Å². The Balaban J connectivity index is 1.53. The van der Waals surface area contributed by atoms with Crippen molar-refractivity contribution in [2.75, 3.05) is 4.72 Å². The van der Waals surface area contributed by atoms with Gasteiger partial charge >= 0.3 is 0 Å². The second-order valence-electron chi connectivity index (χ2n) is 7.96. The third-order valence-corrected chi connectivity index (χ3v) is 6.88. The first-order valence-corrected chi connectivity index (χ1v) is 12.0. The number of nitrogens with zero attached hydrogens (tertiary/aromatic N) is 1. The van der Waals surface area contributed by atoms with Crippen LogP contribution in [0.2, 0.25) is 0 Å². The summed E-state index contributed by atoms with van der Waals surface area (Å²) in [6.07, 6.45) is 2.76. The molecule has 1 aliphatic carbocycles. The van der Waals surface area contributed by atoms with Crippen LogP contribution >= 0.6 is 0 Å². The molecule has 4 rings (SSSR count). The number of benzene rings is 3. The summed E-state index contributed by atoms with van der Waals surface area (Å²) in [6.45, 7) is 3.79. The summed E-state index contributed by atoms with van der Waals surface area (Å²) < 4.78 is 28.4. The van der Waals surface area contributed by atoms with Gasteiger partial charge in [0.1, 0.15) is 0 Å². The third-order valence-electron chi connectivity index (χ3n) is 5.51. The second-order valence-corrected chi connectivity index (χ2v) is 9.64. The number of hydrogen-bond acceptors (Lipinski definition) is 4. The van der Waals surface area contributed by atoms with Crippen LogP contribution in [0, 0.1) is 13.8 Å². The summed E-state index contributed by atoms with van der Waals surface area (Å²) in [5, 5.41) is 4.33. The number of rotatable bonds is 5. The van der Waals surface area contributed by atoms with Crippen molar-refractivity contribution < 1.29 is 13.2 Å². The van der Waals surface area contributed by atoms with E-state index in [-0.39, 0.29) is 10.5 Å². The molecule has 0 unspecified atom stereocenters. The van der Waals surface area contributed by atoms with E-state index in [2.05, 4.69) is 21.3 Å². The van der Waals surface area contributed by atoms with Crippen molar-refractivity contribution in [3.8, 4) is 0 Å². The molecule has 164 valence electrons. The van der Waals surface area contributed by atoms with Crippen molar-refractivity contribution in [3.05, 3.63) is 94.5 Å². The van der Waals surface area contributed by atoms with E-state index in [1.54, 1.807) is 18.2 Å². The summed E-state index contributed by atoms with van der Waals surface area (Å²) in [5.41, 5.74) is 8.29. The maximum absolute atomic E-state index is 12.9. The SMILES string of the molecule is Cc1ccc(NS(=O)(=O)c2cccc(C(=O)NN=C3CCCc4ccccc43)c2)c(C)c1. The second kappa shape index (κ2) is 8.96. The van der Waals surface area contributed by atoms with Gasteiger partial charge in [-0.05, 0) is 68.5 Å². The van der Waals surface area contributed by atoms with Crippen LogP contribution < -0.4 is 10.1 Å². The van der Waals surface area contributed by atoms with E-state index in [1.165, 1.54) is 17.7 Å². The lowest BCUT2D eigenvalue weighted by Crippen LogP contribution is -2.22. The Hall–Kier alpha value is -3.45. The van der Waals surface area contributed by atoms with Crippen molar-refractivity contribution in [2.24, 2.45) is 5.10 Å². The predicted octanol–water partition coefficient (Wildman–Crippen LogP) is 4.57. The minimum Gasteiger partial charge on any atom is -0.279 e. The quantitative estimate of drug-likeness (QED) is 0.562. The zero-order chi connectivity index (χ0) is 22.7. The number of hydrazone groups is 1. The number of amides is 1. The zero-order valence-electron chi connectivity index (χ0n) is 18.1. The zero-order valence-corrected chi connectivity index (χ0v) is 18.9. The van der Waals surface area contributed by atoms with Crippen LogP contribution in [-0.2, 0) is 16.4 Å². The van der Waals surface area contributed by atoms with Crippen molar-refractivity contribution in [1.82, 2.24) is 5.43 Å². The summed E-state index contributed by atoms with van der Waals surface area (Å²) in [7, 11) is -3.85. The van der Waals surface area contributed by atoms with Gasteiger partial charge in [-0.25, -0.2) is 13.8 Å². The normalized spacial score (nSPS) is 14.6. The highest BCUT2D eigenvalue weighted by atomic mass is 32.2. The molecular formula is C25H25N3O3S. The fourth-order valence-corrected chi connectivity index (χ4v) is 5.01. The van der Waals surface area contributed by atoms with Gasteiger partial charge in [0, 0.05) is 11.1 Å². The Labute approximate surface area is 188 Å². The molecule has 0 bridgehead atoms. The molecule has 0 fully saturated rings. The van der Waals surface area contributed by atoms with E-state index in [0.29, 0.717) is 5.69 Å². The summed E-state index contributed by atoms with van der Waals surface area (Å²) in [4.78, 5) is 12.7. The van der Waals surface area contributed by atoms with E-state index in [0.717, 1.165) is 41.7 Å². The van der Waals surface area contributed by atoms with Gasteiger partial charge in [-0.2, -0.15) is 5.10 Å². The number of carbonyl (C=O) groups is 1. The van der Waals surface area contributed by atoms with Crippen molar-refractivity contribution in [3.63, 3.8) is 0 Å². The lowest BCUT2D eigenvalue weighted by atomic mass is 9.90. The molecule has 0 saturated carbocycles. The van der Waals surface area contributed by atoms with E-state index < -0.39 is 15.9 Å². The molecule has 1 aliphatic rings. The average Bonchev–Trinajstić information content (AvgIpc) is 2.79. The number of anilines is 1. The van der Waals surface area contributed by atoms with Gasteiger partial charge in [0.2, 0.25) is 0 Å². The Morgan fingerprint density at radius 1 is 0.938 bits per heavy atom. The van der Waals surface area contributed by atoms with Crippen LogP contribution in [0.3, 0.4) is 0 Å². The first-order valence-electron chi connectivity index (χ1n) is 10.5. The van der Waals surface area contributed by atoms with Crippen LogP contribution in [0.15, 0.2) is 76.7 Å². The van der Waals surface area contributed by atoms with Gasteiger partial charge in [-0.1, -0.05) is 48.0 Å². The molecule has 7 heteroatoms. The Morgan fingerprint density at radius 3 is 2.56 bits per heavy atom. The number of aryl methyl sites for hydroxylation is 3. The van der Waals surface area contributed by atoms with E-state index >= 15 is 0 Å². The van der Waals surface area contributed by atoms with Gasteiger partial charge in [-0.3, -0.25) is 9.52 Å². The maximum atomic E-state index is 12.9. The Bertz CT molecular complexity index is 1310. The fourth-order valence-electron chi connectivity index (χ4n) is 3.84. The summed E-state index contributed by atoms with van der Waals surface area (Å²) in [5.74, 6) is -0.455. The molecule has 2 N–H and O–H groups in total. The van der Waals surface area contributed by atoms with Crippen LogP contribution in [0.1, 0.15) is 45.5 Å². The first kappa shape index (κ1) is 21.8. The molecule has 32 heavy (non-hydrogen) atoms. The maximum Gasteiger partial charge on any atom is 0.271 e. The van der Waals surface area contributed by atoms with E-state index in [1.807, 2.05) is 44.2 Å². The summed E-state index contributed by atoms with van der Waals surface area (Å²) in [6, 6.07) is 19.5. The lowest BCUT2D eigenvalue weighted by molar-refractivity contribution is 0.0954. The van der Waals surface area contributed by atoms with Crippen LogP contribution in [0.4, 0.5) is 5.69 Å². The molecule has 0 aliphatic heterocycles. The van der Waals surface area contributed by atoms with Gasteiger partial charge in [0.15, 0.2) is 0 Å². The molecule has 0 spiro atoms. The molecular weight excluding hydrogens is 422 g/mol. The number of fused-ring (bicyclic) bond motifs is 1. The smallest absolute Gasteiger partial charge is 0.271 e. The molecule has 3 aromatic carbocycles. The van der Waals surface area contributed by atoms with Crippen molar-refractivity contribution >= 4 is 27.3 Å². The van der Waals surface area contributed by atoms with E-state index in [9.17, 15) is 13.2 Å². The average molecular weight is 448 g/mol. The number of sulfonamides is 1. The van der Waals surface area contributed by atoms with Gasteiger partial charge in [-0.15, -0.1) is 0 Å². The van der Waals surface area contributed by atoms with Crippen LogP contribution in [0.25, 0.3) is 0 Å². The molecule has 1 amide bonds. The predicted molar refractivity (Wildman–Crippen MR) is 127 cm³/mol. The lowest BCUT2D eigenvalue weighted by Gasteiger charge is -2.17.